The maximum Gasteiger partial charge on any atom is 0.416 e. The molecule has 0 unspecified atom stereocenters. The summed E-state index contributed by atoms with van der Waals surface area (Å²) >= 11 is 0. The van der Waals surface area contributed by atoms with E-state index in [2.05, 4.69) is 5.32 Å². The van der Waals surface area contributed by atoms with Crippen molar-refractivity contribution in [2.24, 2.45) is 0 Å². The first-order valence-electron chi connectivity index (χ1n) is 7.24. The van der Waals surface area contributed by atoms with E-state index in [-0.39, 0.29) is 31.1 Å². The fraction of sp³-hybridized carbons (Fsp3) is 0.500. The molecule has 2 N–H and O–H groups in total. The number of benzene rings is 1. The van der Waals surface area contributed by atoms with Gasteiger partial charge in [0.25, 0.3) is 5.69 Å². The Balaban J connectivity index is 1.99. The number of rotatable bonds is 5. The lowest BCUT2D eigenvalue weighted by atomic mass is 10.1. The van der Waals surface area contributed by atoms with Gasteiger partial charge >= 0.3 is 6.18 Å². The zero-order valence-corrected chi connectivity index (χ0v) is 12.5. The number of nitro groups is 1. The Bertz CT molecular complexity index is 636. The third-order valence-corrected chi connectivity index (χ3v) is 3.69. The predicted molar refractivity (Wildman–Crippen MR) is 78.4 cm³/mol. The summed E-state index contributed by atoms with van der Waals surface area (Å²) in [5.41, 5.74) is -1.89. The minimum Gasteiger partial charge on any atom is -0.391 e. The molecule has 1 aliphatic rings. The van der Waals surface area contributed by atoms with Crippen LogP contribution in [0, 0.1) is 10.1 Å². The van der Waals surface area contributed by atoms with Gasteiger partial charge < -0.3 is 15.3 Å². The van der Waals surface area contributed by atoms with Crippen molar-refractivity contribution in [2.45, 2.75) is 25.1 Å². The van der Waals surface area contributed by atoms with Crippen LogP contribution in [0.2, 0.25) is 0 Å². The zero-order chi connectivity index (χ0) is 17.9. The van der Waals surface area contributed by atoms with Gasteiger partial charge in [-0.3, -0.25) is 14.9 Å². The van der Waals surface area contributed by atoms with Crippen LogP contribution in [0.25, 0.3) is 0 Å². The second-order valence-corrected chi connectivity index (χ2v) is 5.45. The van der Waals surface area contributed by atoms with Gasteiger partial charge in [0.1, 0.15) is 5.69 Å². The molecule has 1 fully saturated rings. The number of likely N-dealkylation sites (tertiary alicyclic amines) is 1. The molecule has 0 spiro atoms. The average Bonchev–Trinajstić information content (AvgIpc) is 2.92. The highest BCUT2D eigenvalue weighted by Crippen LogP contribution is 2.34. The first kappa shape index (κ1) is 18.0. The van der Waals surface area contributed by atoms with E-state index >= 15 is 0 Å². The Morgan fingerprint density at radius 1 is 1.46 bits per heavy atom. The lowest BCUT2D eigenvalue weighted by molar-refractivity contribution is -0.384. The number of anilines is 1. The molecule has 1 aromatic rings. The molecule has 1 saturated heterocycles. The number of carbonyl (C=O) groups excluding carboxylic acids is 1. The standard InChI is InChI=1S/C14H16F3N3O4/c15-14(16,17)9-1-2-11(12(7-9)20(23)24)18-5-3-13(22)19-6-4-10(21)8-19/h1-2,7,10,18,21H,3-6,8H2/t10-/m1/s1. The summed E-state index contributed by atoms with van der Waals surface area (Å²) in [6.07, 6.45) is -4.69. The first-order valence-corrected chi connectivity index (χ1v) is 7.24. The molecular weight excluding hydrogens is 331 g/mol. The molecule has 1 atom stereocenters. The largest absolute Gasteiger partial charge is 0.416 e. The van der Waals surface area contributed by atoms with Crippen LogP contribution in [0.5, 0.6) is 0 Å². The molecule has 0 aromatic heterocycles. The van der Waals surface area contributed by atoms with Crippen LogP contribution in [0.1, 0.15) is 18.4 Å². The molecule has 0 saturated carbocycles. The van der Waals surface area contributed by atoms with Crippen molar-refractivity contribution in [3.05, 3.63) is 33.9 Å². The molecule has 2 rings (SSSR count). The quantitative estimate of drug-likeness (QED) is 0.627. The Hall–Kier alpha value is -2.36. The number of hydrogen-bond donors (Lipinski definition) is 2. The van der Waals surface area contributed by atoms with Crippen LogP contribution in [-0.2, 0) is 11.0 Å². The van der Waals surface area contributed by atoms with Gasteiger partial charge in [0.2, 0.25) is 5.91 Å². The van der Waals surface area contributed by atoms with Crippen LogP contribution >= 0.6 is 0 Å². The molecule has 1 aliphatic heterocycles. The van der Waals surface area contributed by atoms with E-state index in [1.807, 2.05) is 0 Å². The molecule has 1 amide bonds. The molecule has 24 heavy (non-hydrogen) atoms. The predicted octanol–water partition coefficient (Wildman–Crippen LogP) is 2.01. The summed E-state index contributed by atoms with van der Waals surface area (Å²) in [6.45, 7) is 0.733. The number of nitrogens with one attached hydrogen (secondary N) is 1. The van der Waals surface area contributed by atoms with Gasteiger partial charge in [0.15, 0.2) is 0 Å². The molecular formula is C14H16F3N3O4. The van der Waals surface area contributed by atoms with Crippen molar-refractivity contribution in [2.75, 3.05) is 25.0 Å². The second-order valence-electron chi connectivity index (χ2n) is 5.45. The molecule has 10 heteroatoms. The van der Waals surface area contributed by atoms with Crippen LogP contribution in [0.4, 0.5) is 24.5 Å². The van der Waals surface area contributed by atoms with Gasteiger partial charge in [-0.25, -0.2) is 0 Å². The highest BCUT2D eigenvalue weighted by Gasteiger charge is 2.33. The fourth-order valence-corrected chi connectivity index (χ4v) is 2.44. The number of alkyl halides is 3. The van der Waals surface area contributed by atoms with Gasteiger partial charge in [-0.1, -0.05) is 0 Å². The normalized spacial score (nSPS) is 17.8. The lowest BCUT2D eigenvalue weighted by Gasteiger charge is -2.16. The van der Waals surface area contributed by atoms with Crippen LogP contribution in [-0.4, -0.2) is 46.6 Å². The maximum absolute atomic E-state index is 12.6. The van der Waals surface area contributed by atoms with E-state index < -0.39 is 28.5 Å². The van der Waals surface area contributed by atoms with Gasteiger partial charge in [-0.2, -0.15) is 13.2 Å². The first-order chi connectivity index (χ1) is 11.2. The number of β-amino-alcohol motifs (C(OH)–C–C–N with tert-alkyl or cyclic N) is 1. The van der Waals surface area contributed by atoms with E-state index in [9.17, 15) is 33.2 Å². The molecule has 0 bridgehead atoms. The smallest absolute Gasteiger partial charge is 0.391 e. The summed E-state index contributed by atoms with van der Waals surface area (Å²) in [5, 5.41) is 22.9. The van der Waals surface area contributed by atoms with Crippen LogP contribution in [0.15, 0.2) is 18.2 Å². The SMILES string of the molecule is O=C(CCNc1ccc(C(F)(F)F)cc1[N+](=O)[O-])N1CC[C@@H](O)C1. The number of hydrogen-bond acceptors (Lipinski definition) is 5. The molecule has 1 aromatic carbocycles. The summed E-state index contributed by atoms with van der Waals surface area (Å²) in [4.78, 5) is 23.4. The molecule has 0 aliphatic carbocycles. The van der Waals surface area contributed by atoms with Crippen LogP contribution in [0.3, 0.4) is 0 Å². The van der Waals surface area contributed by atoms with E-state index in [0.29, 0.717) is 19.0 Å². The number of halogens is 3. The Morgan fingerprint density at radius 2 is 2.17 bits per heavy atom. The third-order valence-electron chi connectivity index (χ3n) is 3.69. The average molecular weight is 347 g/mol. The van der Waals surface area contributed by atoms with Crippen molar-refractivity contribution in [1.82, 2.24) is 4.90 Å². The maximum atomic E-state index is 12.6. The fourth-order valence-electron chi connectivity index (χ4n) is 2.44. The van der Waals surface area contributed by atoms with Crippen molar-refractivity contribution in [3.8, 4) is 0 Å². The molecule has 132 valence electrons. The van der Waals surface area contributed by atoms with Crippen molar-refractivity contribution in [3.63, 3.8) is 0 Å². The molecule has 7 nitrogen and oxygen atoms in total. The number of aliphatic hydroxyl groups excluding tert-OH is 1. The Morgan fingerprint density at radius 3 is 2.71 bits per heavy atom. The number of amides is 1. The monoisotopic (exact) mass is 347 g/mol. The summed E-state index contributed by atoms with van der Waals surface area (Å²) in [7, 11) is 0. The van der Waals surface area contributed by atoms with Gasteiger partial charge in [-0.05, 0) is 18.6 Å². The van der Waals surface area contributed by atoms with E-state index in [1.54, 1.807) is 0 Å². The minimum absolute atomic E-state index is 0.0187. The van der Waals surface area contributed by atoms with Crippen molar-refractivity contribution >= 4 is 17.3 Å². The Labute approximate surface area is 135 Å². The van der Waals surface area contributed by atoms with E-state index in [4.69, 9.17) is 0 Å². The molecule has 0 radical (unpaired) electrons. The number of nitro benzene ring substituents is 1. The topological polar surface area (TPSA) is 95.7 Å². The second kappa shape index (κ2) is 7.04. The van der Waals surface area contributed by atoms with Gasteiger partial charge in [0, 0.05) is 32.1 Å². The third kappa shape index (κ3) is 4.34. The Kier molecular flexibility index (Phi) is 5.27. The highest BCUT2D eigenvalue weighted by atomic mass is 19.4. The number of nitrogens with zero attached hydrogens (tertiary/aromatic N) is 2. The summed E-state index contributed by atoms with van der Waals surface area (Å²) < 4.78 is 37.8. The zero-order valence-electron chi connectivity index (χ0n) is 12.5. The van der Waals surface area contributed by atoms with Crippen LogP contribution < -0.4 is 5.32 Å². The van der Waals surface area contributed by atoms with Gasteiger partial charge in [-0.15, -0.1) is 0 Å². The van der Waals surface area contributed by atoms with Crippen molar-refractivity contribution in [1.29, 1.82) is 0 Å². The van der Waals surface area contributed by atoms with E-state index in [1.165, 1.54) is 4.90 Å². The summed E-state index contributed by atoms with van der Waals surface area (Å²) in [5.74, 6) is -0.228. The molecule has 1 heterocycles. The van der Waals surface area contributed by atoms with E-state index in [0.717, 1.165) is 12.1 Å². The summed E-state index contributed by atoms with van der Waals surface area (Å²) in [6, 6.07) is 2.18. The minimum atomic E-state index is -4.67. The van der Waals surface area contributed by atoms with Crippen molar-refractivity contribution < 1.29 is 28.0 Å². The number of aliphatic hydroxyl groups is 1. The van der Waals surface area contributed by atoms with Gasteiger partial charge in [0.05, 0.1) is 16.6 Å². The lowest BCUT2D eigenvalue weighted by Crippen LogP contribution is -2.30. The highest BCUT2D eigenvalue weighted by molar-refractivity contribution is 5.77. The number of carbonyl (C=O) groups is 1.